The van der Waals surface area contributed by atoms with Gasteiger partial charge in [-0.15, -0.1) is 0 Å². The number of carbonyl (C=O) groups excluding carboxylic acids is 2. The number of hydrogen-bond acceptors (Lipinski definition) is 7. The van der Waals surface area contributed by atoms with Crippen LogP contribution in [0.15, 0.2) is 41.3 Å². The Kier molecular flexibility index (Phi) is 6.97. The molecule has 0 saturated heterocycles. The Morgan fingerprint density at radius 2 is 2.10 bits per heavy atom. The molecular formula is C21H22N2O4S2. The van der Waals surface area contributed by atoms with Gasteiger partial charge in [0.15, 0.2) is 0 Å². The third-order valence-corrected chi connectivity index (χ3v) is 6.61. The Morgan fingerprint density at radius 1 is 1.38 bits per heavy atom. The number of hydrogen-bond donors (Lipinski definition) is 0. The molecule has 3 rings (SSSR count). The van der Waals surface area contributed by atoms with Crippen molar-refractivity contribution in [1.29, 1.82) is 0 Å². The van der Waals surface area contributed by atoms with E-state index >= 15 is 0 Å². The Morgan fingerprint density at radius 3 is 2.76 bits per heavy atom. The Hall–Kier alpha value is -2.32. The molecule has 1 aromatic carbocycles. The van der Waals surface area contributed by atoms with E-state index in [4.69, 9.17) is 17.0 Å². The summed E-state index contributed by atoms with van der Waals surface area (Å²) in [5, 5.41) is 0.908. The Labute approximate surface area is 178 Å². The first-order chi connectivity index (χ1) is 14.0. The van der Waals surface area contributed by atoms with E-state index in [9.17, 15) is 14.4 Å². The van der Waals surface area contributed by atoms with Crippen molar-refractivity contribution in [3.63, 3.8) is 0 Å². The number of nitrogens with zero attached hydrogens (tertiary/aromatic N) is 2. The summed E-state index contributed by atoms with van der Waals surface area (Å²) in [4.78, 5) is 41.4. The lowest BCUT2D eigenvalue weighted by molar-refractivity contribution is -0.105. The van der Waals surface area contributed by atoms with Crippen LogP contribution in [0.3, 0.4) is 0 Å². The van der Waals surface area contributed by atoms with Crippen molar-refractivity contribution >= 4 is 40.4 Å². The van der Waals surface area contributed by atoms with E-state index in [2.05, 4.69) is 4.98 Å². The highest BCUT2D eigenvalue weighted by Crippen LogP contribution is 2.43. The highest BCUT2D eigenvalue weighted by Gasteiger charge is 2.34. The molecular weight excluding hydrogens is 408 g/mol. The molecule has 0 radical (unpaired) electrons. The second-order valence-electron chi connectivity index (χ2n) is 6.92. The summed E-state index contributed by atoms with van der Waals surface area (Å²) in [6, 6.07) is 9.66. The fraction of sp³-hybridized carbons (Fsp3) is 0.381. The van der Waals surface area contributed by atoms with Gasteiger partial charge in [-0.1, -0.05) is 54.3 Å². The minimum Gasteiger partial charge on any atom is -0.462 e. The van der Waals surface area contributed by atoms with E-state index in [0.29, 0.717) is 18.7 Å². The molecule has 2 aromatic rings. The van der Waals surface area contributed by atoms with E-state index in [1.165, 1.54) is 18.0 Å². The van der Waals surface area contributed by atoms with Gasteiger partial charge in [0.1, 0.15) is 11.4 Å². The minimum absolute atomic E-state index is 0.0502. The van der Waals surface area contributed by atoms with Crippen LogP contribution in [0.1, 0.15) is 53.3 Å². The van der Waals surface area contributed by atoms with Crippen molar-refractivity contribution in [1.82, 2.24) is 9.55 Å². The fourth-order valence-electron chi connectivity index (χ4n) is 3.78. The molecule has 0 bridgehead atoms. The number of ether oxygens (including phenoxy) is 1. The smallest absolute Gasteiger partial charge is 0.345 e. The number of thiocarbonyl (C=S) groups is 1. The number of esters is 1. The summed E-state index contributed by atoms with van der Waals surface area (Å²) in [6.07, 6.45) is 2.51. The van der Waals surface area contributed by atoms with Gasteiger partial charge in [-0.3, -0.25) is 14.2 Å². The van der Waals surface area contributed by atoms with Gasteiger partial charge < -0.3 is 4.74 Å². The molecule has 1 aliphatic heterocycles. The van der Waals surface area contributed by atoms with Gasteiger partial charge in [0, 0.05) is 23.9 Å². The molecule has 152 valence electrons. The van der Waals surface area contributed by atoms with E-state index < -0.39 is 5.97 Å². The SMILES string of the molecule is CCOC(=O)c1cnc2n(c1=O)C(C)CC(C(SC(=O)C=S)c1ccccc1)C2. The first-order valence-electron chi connectivity index (χ1n) is 9.44. The normalized spacial score (nSPS) is 19.1. The van der Waals surface area contributed by atoms with Gasteiger partial charge in [0.25, 0.3) is 5.56 Å². The highest BCUT2D eigenvalue weighted by atomic mass is 32.2. The third-order valence-electron chi connectivity index (χ3n) is 4.99. The topological polar surface area (TPSA) is 78.3 Å². The van der Waals surface area contributed by atoms with Crippen molar-refractivity contribution < 1.29 is 14.3 Å². The first kappa shape index (κ1) is 21.4. The van der Waals surface area contributed by atoms with Crippen molar-refractivity contribution in [2.75, 3.05) is 6.61 Å². The van der Waals surface area contributed by atoms with Crippen molar-refractivity contribution in [3.8, 4) is 0 Å². The van der Waals surface area contributed by atoms with Crippen LogP contribution >= 0.6 is 24.0 Å². The molecule has 1 aliphatic rings. The highest BCUT2D eigenvalue weighted by molar-refractivity contribution is 8.16. The Balaban J connectivity index is 1.96. The summed E-state index contributed by atoms with van der Waals surface area (Å²) in [5.74, 6) is 0.0543. The maximum absolute atomic E-state index is 12.9. The van der Waals surface area contributed by atoms with Gasteiger partial charge in [0.05, 0.1) is 12.0 Å². The number of thioether (sulfide) groups is 1. The molecule has 0 spiro atoms. The van der Waals surface area contributed by atoms with Crippen LogP contribution in [-0.2, 0) is 16.0 Å². The number of fused-ring (bicyclic) bond motifs is 1. The van der Waals surface area contributed by atoms with Crippen molar-refractivity contribution in [2.45, 2.75) is 38.0 Å². The summed E-state index contributed by atoms with van der Waals surface area (Å²) < 4.78 is 6.54. The molecule has 0 saturated carbocycles. The lowest BCUT2D eigenvalue weighted by Crippen LogP contribution is -2.38. The number of benzene rings is 1. The standard InChI is InChI=1S/C21H22N2O4S2/c1-3-27-21(26)16-11-22-17-10-15(9-13(2)23(17)20(16)25)19(29-18(24)12-28)14-7-5-4-6-8-14/h4-8,11-13,15,19H,3,9-10H2,1-2H3. The molecule has 0 aliphatic carbocycles. The minimum atomic E-state index is -0.654. The molecule has 8 heteroatoms. The Bertz CT molecular complexity index is 974. The molecule has 1 aromatic heterocycles. The molecule has 0 fully saturated rings. The largest absolute Gasteiger partial charge is 0.462 e. The maximum atomic E-state index is 12.9. The van der Waals surface area contributed by atoms with Crippen molar-refractivity contribution in [2.24, 2.45) is 5.92 Å². The average molecular weight is 431 g/mol. The van der Waals surface area contributed by atoms with Crippen LogP contribution in [0.2, 0.25) is 0 Å². The summed E-state index contributed by atoms with van der Waals surface area (Å²) >= 11 is 6.02. The molecule has 2 heterocycles. The van der Waals surface area contributed by atoms with Gasteiger partial charge in [-0.05, 0) is 31.7 Å². The molecule has 3 unspecified atom stereocenters. The molecule has 29 heavy (non-hydrogen) atoms. The zero-order valence-electron chi connectivity index (χ0n) is 16.2. The summed E-state index contributed by atoms with van der Waals surface area (Å²) in [6.45, 7) is 3.82. The van der Waals surface area contributed by atoms with Gasteiger partial charge in [-0.25, -0.2) is 9.78 Å². The molecule has 0 N–H and O–H groups in total. The van der Waals surface area contributed by atoms with Gasteiger partial charge >= 0.3 is 5.97 Å². The van der Waals surface area contributed by atoms with Crippen molar-refractivity contribution in [3.05, 3.63) is 63.8 Å². The summed E-state index contributed by atoms with van der Waals surface area (Å²) in [5.41, 5.74) is 0.614. The van der Waals surface area contributed by atoms with Crippen LogP contribution < -0.4 is 5.56 Å². The van der Waals surface area contributed by atoms with E-state index in [0.717, 1.165) is 10.9 Å². The maximum Gasteiger partial charge on any atom is 0.345 e. The fourth-order valence-corrected chi connectivity index (χ4v) is 4.95. The quantitative estimate of drug-likeness (QED) is 0.512. The van der Waals surface area contributed by atoms with Crippen LogP contribution in [0, 0.1) is 5.92 Å². The average Bonchev–Trinajstić information content (AvgIpc) is 2.72. The van der Waals surface area contributed by atoms with E-state index in [-0.39, 0.29) is 40.1 Å². The van der Waals surface area contributed by atoms with Crippen LogP contribution in [0.4, 0.5) is 0 Å². The van der Waals surface area contributed by atoms with E-state index in [1.54, 1.807) is 11.5 Å². The molecule has 3 atom stereocenters. The second-order valence-corrected chi connectivity index (χ2v) is 8.30. The zero-order chi connectivity index (χ0) is 21.0. The predicted octanol–water partition coefficient (Wildman–Crippen LogP) is 3.54. The lowest BCUT2D eigenvalue weighted by atomic mass is 9.86. The monoisotopic (exact) mass is 430 g/mol. The molecule has 6 nitrogen and oxygen atoms in total. The third kappa shape index (κ3) is 4.64. The number of rotatable bonds is 6. The van der Waals surface area contributed by atoms with Crippen LogP contribution in [0.25, 0.3) is 0 Å². The predicted molar refractivity (Wildman–Crippen MR) is 116 cm³/mol. The van der Waals surface area contributed by atoms with E-state index in [1.807, 2.05) is 37.3 Å². The number of aromatic nitrogens is 2. The van der Waals surface area contributed by atoms with Gasteiger partial charge in [-0.2, -0.15) is 0 Å². The van der Waals surface area contributed by atoms with Crippen LogP contribution in [0.5, 0.6) is 0 Å². The van der Waals surface area contributed by atoms with Gasteiger partial charge in [0.2, 0.25) is 5.12 Å². The summed E-state index contributed by atoms with van der Waals surface area (Å²) in [7, 11) is 0. The van der Waals surface area contributed by atoms with Crippen LogP contribution in [-0.4, -0.2) is 32.6 Å². The number of carbonyl (C=O) groups is 2. The molecule has 0 amide bonds. The first-order valence-corrected chi connectivity index (χ1v) is 10.8. The lowest BCUT2D eigenvalue weighted by Gasteiger charge is -2.34. The second kappa shape index (κ2) is 9.45. The zero-order valence-corrected chi connectivity index (χ0v) is 17.9.